The number of anilines is 1. The first-order chi connectivity index (χ1) is 14.9. The molecule has 1 saturated carbocycles. The molecule has 3 amide bonds. The van der Waals surface area contributed by atoms with Crippen molar-refractivity contribution >= 4 is 29.4 Å². The Morgan fingerprint density at radius 2 is 1.77 bits per heavy atom. The summed E-state index contributed by atoms with van der Waals surface area (Å²) in [6.07, 6.45) is 5.79. The Morgan fingerprint density at radius 1 is 1.06 bits per heavy atom. The normalized spacial score (nSPS) is 32.8. The van der Waals surface area contributed by atoms with Gasteiger partial charge < -0.3 is 10.4 Å². The van der Waals surface area contributed by atoms with Crippen LogP contribution in [0.4, 0.5) is 5.69 Å². The third-order valence-corrected chi connectivity index (χ3v) is 7.52. The highest BCUT2D eigenvalue weighted by Gasteiger charge is 2.70. The lowest BCUT2D eigenvalue weighted by atomic mass is 9.76. The molecule has 1 aromatic rings. The van der Waals surface area contributed by atoms with Crippen molar-refractivity contribution in [1.29, 1.82) is 0 Å². The summed E-state index contributed by atoms with van der Waals surface area (Å²) in [4.78, 5) is 53.4. The molecule has 0 radical (unpaired) electrons. The molecule has 1 aromatic carbocycles. The molecule has 0 unspecified atom stereocenters. The summed E-state index contributed by atoms with van der Waals surface area (Å²) in [5.74, 6) is -3.44. The van der Waals surface area contributed by atoms with Gasteiger partial charge in [-0.25, -0.2) is 0 Å². The second-order valence-corrected chi connectivity index (χ2v) is 9.19. The fourth-order valence-electron chi connectivity index (χ4n) is 6.18. The molecule has 8 heteroatoms. The first kappa shape index (κ1) is 20.2. The van der Waals surface area contributed by atoms with Crippen LogP contribution in [0.2, 0.25) is 0 Å². The Bertz CT molecular complexity index is 954. The summed E-state index contributed by atoms with van der Waals surface area (Å²) in [6.45, 7) is 0. The summed E-state index contributed by atoms with van der Waals surface area (Å²) in [5, 5.41) is 15.4. The van der Waals surface area contributed by atoms with Crippen LogP contribution >= 0.6 is 0 Å². The van der Waals surface area contributed by atoms with Gasteiger partial charge >= 0.3 is 5.97 Å². The van der Waals surface area contributed by atoms with Crippen LogP contribution in [0.1, 0.15) is 56.9 Å². The van der Waals surface area contributed by atoms with E-state index in [9.17, 15) is 24.3 Å². The maximum atomic E-state index is 13.8. The van der Waals surface area contributed by atoms with Gasteiger partial charge in [0, 0.05) is 29.8 Å². The maximum Gasteiger partial charge on any atom is 0.303 e. The molecule has 3 heterocycles. The van der Waals surface area contributed by atoms with Crippen LogP contribution in [-0.4, -0.2) is 45.8 Å². The molecule has 164 valence electrons. The number of amides is 3. The number of carboxylic acid groups (broad SMARTS) is 1. The van der Waals surface area contributed by atoms with Crippen molar-refractivity contribution in [2.75, 3.05) is 5.32 Å². The third kappa shape index (κ3) is 2.91. The van der Waals surface area contributed by atoms with Gasteiger partial charge in [0.05, 0.1) is 11.8 Å². The molecular weight excluding hydrogens is 398 g/mol. The number of hydrogen-bond donors (Lipinski definition) is 3. The van der Waals surface area contributed by atoms with Crippen molar-refractivity contribution in [3.05, 3.63) is 29.8 Å². The Labute approximate surface area is 180 Å². The molecule has 0 bridgehead atoms. The number of hydrogen-bond acceptors (Lipinski definition) is 5. The molecule has 3 N–H and O–H groups in total. The summed E-state index contributed by atoms with van der Waals surface area (Å²) in [5.41, 5.74) is -0.0427. The van der Waals surface area contributed by atoms with Gasteiger partial charge in [-0.3, -0.25) is 29.4 Å². The van der Waals surface area contributed by atoms with E-state index < -0.39 is 29.4 Å². The second kappa shape index (κ2) is 7.44. The lowest BCUT2D eigenvalue weighted by Gasteiger charge is -2.32. The standard InChI is InChI=1S/C23H27N3O5/c27-17(28)12-11-16-18-19(21(30)26(20(18)29)13-7-3-1-2-4-8-13)23(25-16)14-9-5-6-10-15(14)24-22(23)31/h5-6,9-10,13,16,18-19,25H,1-4,7-8,11-12H2,(H,24,31)(H,27,28)/t16-,18-,19-,23+/m1/s1. The van der Waals surface area contributed by atoms with Crippen LogP contribution in [-0.2, 0) is 24.7 Å². The lowest BCUT2D eigenvalue weighted by molar-refractivity contribution is -0.146. The van der Waals surface area contributed by atoms with Gasteiger partial charge in [0.25, 0.3) is 0 Å². The van der Waals surface area contributed by atoms with E-state index >= 15 is 0 Å². The molecule has 3 aliphatic heterocycles. The average molecular weight is 425 g/mol. The van der Waals surface area contributed by atoms with Gasteiger partial charge in [0.1, 0.15) is 5.54 Å². The van der Waals surface area contributed by atoms with Crippen molar-refractivity contribution < 1.29 is 24.3 Å². The molecule has 4 atom stereocenters. The molecule has 1 spiro atoms. The van der Waals surface area contributed by atoms with Gasteiger partial charge in [-0.05, 0) is 25.3 Å². The highest BCUT2D eigenvalue weighted by molar-refractivity contribution is 6.15. The summed E-state index contributed by atoms with van der Waals surface area (Å²) in [7, 11) is 0. The lowest BCUT2D eigenvalue weighted by Crippen LogP contribution is -2.54. The number of likely N-dealkylation sites (tertiary alicyclic amines) is 1. The van der Waals surface area contributed by atoms with Crippen LogP contribution in [0, 0.1) is 11.8 Å². The number of carboxylic acids is 1. The van der Waals surface area contributed by atoms with Gasteiger partial charge in [-0.1, -0.05) is 43.9 Å². The summed E-state index contributed by atoms with van der Waals surface area (Å²) in [6, 6.07) is 6.53. The van der Waals surface area contributed by atoms with E-state index in [1.54, 1.807) is 6.07 Å². The van der Waals surface area contributed by atoms with E-state index in [2.05, 4.69) is 10.6 Å². The molecule has 31 heavy (non-hydrogen) atoms. The van der Waals surface area contributed by atoms with Crippen molar-refractivity contribution in [3.8, 4) is 0 Å². The Morgan fingerprint density at radius 3 is 2.48 bits per heavy atom. The smallest absolute Gasteiger partial charge is 0.303 e. The van der Waals surface area contributed by atoms with Crippen molar-refractivity contribution in [2.24, 2.45) is 11.8 Å². The Kier molecular flexibility index (Phi) is 4.84. The zero-order valence-corrected chi connectivity index (χ0v) is 17.3. The highest BCUT2D eigenvalue weighted by Crippen LogP contribution is 2.54. The summed E-state index contributed by atoms with van der Waals surface area (Å²) >= 11 is 0. The quantitative estimate of drug-likeness (QED) is 0.502. The predicted molar refractivity (Wildman–Crippen MR) is 111 cm³/mol. The number of aliphatic carboxylic acids is 1. The number of carbonyl (C=O) groups excluding carboxylic acids is 3. The Hall–Kier alpha value is -2.74. The van der Waals surface area contributed by atoms with Crippen LogP contribution in [0.3, 0.4) is 0 Å². The van der Waals surface area contributed by atoms with E-state index in [0.29, 0.717) is 11.3 Å². The van der Waals surface area contributed by atoms with Crippen LogP contribution in [0.15, 0.2) is 24.3 Å². The van der Waals surface area contributed by atoms with Crippen molar-refractivity contribution in [2.45, 2.75) is 69.0 Å². The van der Waals surface area contributed by atoms with E-state index in [1.807, 2.05) is 18.2 Å². The topological polar surface area (TPSA) is 116 Å². The monoisotopic (exact) mass is 425 g/mol. The fraction of sp³-hybridized carbons (Fsp3) is 0.565. The molecule has 3 fully saturated rings. The number of rotatable bonds is 4. The number of nitrogens with zero attached hydrogens (tertiary/aromatic N) is 1. The third-order valence-electron chi connectivity index (χ3n) is 7.52. The fourth-order valence-corrected chi connectivity index (χ4v) is 6.18. The molecule has 5 rings (SSSR count). The SMILES string of the molecule is O=C(O)CC[C@H]1N[C@]2(C(=O)Nc3ccccc32)[C@H]2C(=O)N(C3CCCCCC3)C(=O)[C@H]12. The molecule has 1 aliphatic carbocycles. The molecule has 4 aliphatic rings. The first-order valence-electron chi connectivity index (χ1n) is 11.2. The minimum absolute atomic E-state index is 0.134. The van der Waals surface area contributed by atoms with E-state index in [1.165, 1.54) is 4.90 Å². The molecule has 2 saturated heterocycles. The minimum Gasteiger partial charge on any atom is -0.481 e. The zero-order valence-electron chi connectivity index (χ0n) is 17.3. The van der Waals surface area contributed by atoms with Crippen molar-refractivity contribution in [1.82, 2.24) is 10.2 Å². The number of nitrogens with one attached hydrogen (secondary N) is 2. The maximum absolute atomic E-state index is 13.8. The van der Waals surface area contributed by atoms with Crippen molar-refractivity contribution in [3.63, 3.8) is 0 Å². The predicted octanol–water partition coefficient (Wildman–Crippen LogP) is 1.99. The van der Waals surface area contributed by atoms with E-state index in [4.69, 9.17) is 0 Å². The second-order valence-electron chi connectivity index (χ2n) is 9.19. The molecule has 0 aromatic heterocycles. The van der Waals surface area contributed by atoms with Gasteiger partial charge in [-0.2, -0.15) is 0 Å². The Balaban J connectivity index is 1.58. The number of fused-ring (bicyclic) bond motifs is 4. The number of carbonyl (C=O) groups is 4. The largest absolute Gasteiger partial charge is 0.481 e. The van der Waals surface area contributed by atoms with E-state index in [-0.39, 0.29) is 36.6 Å². The van der Waals surface area contributed by atoms with Gasteiger partial charge in [-0.15, -0.1) is 0 Å². The van der Waals surface area contributed by atoms with Gasteiger partial charge in [0.2, 0.25) is 17.7 Å². The number of para-hydroxylation sites is 1. The summed E-state index contributed by atoms with van der Waals surface area (Å²) < 4.78 is 0. The minimum atomic E-state index is -1.34. The highest BCUT2D eigenvalue weighted by atomic mass is 16.4. The van der Waals surface area contributed by atoms with E-state index in [0.717, 1.165) is 38.5 Å². The first-order valence-corrected chi connectivity index (χ1v) is 11.2. The van der Waals surface area contributed by atoms with Gasteiger partial charge in [0.15, 0.2) is 0 Å². The number of imide groups is 1. The molecule has 8 nitrogen and oxygen atoms in total. The van der Waals surface area contributed by atoms with Crippen LogP contribution in [0.25, 0.3) is 0 Å². The van der Waals surface area contributed by atoms with Crippen LogP contribution in [0.5, 0.6) is 0 Å². The number of benzene rings is 1. The average Bonchev–Trinajstić information content (AvgIpc) is 3.21. The zero-order chi connectivity index (χ0) is 21.8. The van der Waals surface area contributed by atoms with Crippen LogP contribution < -0.4 is 10.6 Å². The molecular formula is C23H27N3O5.